The average molecular weight is 259 g/mol. The fourth-order valence-electron chi connectivity index (χ4n) is 2.45. The number of nitrogens with zero attached hydrogens (tertiary/aromatic N) is 1. The SMILES string of the molecule is CC1OCCC1(C)NC(=O)c1n[nH]c2ccccc12. The second-order valence-corrected chi connectivity index (χ2v) is 5.25. The third kappa shape index (κ3) is 2.00. The molecule has 0 bridgehead atoms. The number of aromatic amines is 1. The second kappa shape index (κ2) is 4.35. The zero-order valence-electron chi connectivity index (χ0n) is 11.1. The van der Waals surface area contributed by atoms with Crippen molar-refractivity contribution in [1.82, 2.24) is 15.5 Å². The first kappa shape index (κ1) is 12.2. The van der Waals surface area contributed by atoms with Gasteiger partial charge in [0.2, 0.25) is 0 Å². The lowest BCUT2D eigenvalue weighted by atomic mass is 9.94. The summed E-state index contributed by atoms with van der Waals surface area (Å²) in [4.78, 5) is 12.4. The van der Waals surface area contributed by atoms with E-state index in [-0.39, 0.29) is 17.6 Å². The van der Waals surface area contributed by atoms with E-state index in [1.54, 1.807) is 0 Å². The van der Waals surface area contributed by atoms with E-state index >= 15 is 0 Å². The maximum absolute atomic E-state index is 12.4. The topological polar surface area (TPSA) is 67.0 Å². The van der Waals surface area contributed by atoms with Crippen LogP contribution in [0.5, 0.6) is 0 Å². The molecule has 1 amide bonds. The molecule has 1 aliphatic rings. The zero-order chi connectivity index (χ0) is 13.5. The van der Waals surface area contributed by atoms with E-state index in [9.17, 15) is 4.79 Å². The third-order valence-corrected chi connectivity index (χ3v) is 3.97. The molecule has 1 aromatic heterocycles. The van der Waals surface area contributed by atoms with Gasteiger partial charge in [-0.15, -0.1) is 0 Å². The van der Waals surface area contributed by atoms with Gasteiger partial charge in [-0.05, 0) is 26.3 Å². The van der Waals surface area contributed by atoms with Crippen LogP contribution in [0.1, 0.15) is 30.8 Å². The molecule has 19 heavy (non-hydrogen) atoms. The number of hydrogen-bond acceptors (Lipinski definition) is 3. The lowest BCUT2D eigenvalue weighted by Crippen LogP contribution is -2.50. The Bertz CT molecular complexity index is 622. The summed E-state index contributed by atoms with van der Waals surface area (Å²) in [7, 11) is 0. The van der Waals surface area contributed by atoms with Crippen LogP contribution < -0.4 is 5.32 Å². The number of ether oxygens (including phenoxy) is 1. The summed E-state index contributed by atoms with van der Waals surface area (Å²) in [5.41, 5.74) is 0.987. The van der Waals surface area contributed by atoms with Gasteiger partial charge in [0, 0.05) is 12.0 Å². The molecule has 1 saturated heterocycles. The van der Waals surface area contributed by atoms with Gasteiger partial charge in [0.05, 0.1) is 17.2 Å². The number of rotatable bonds is 2. The third-order valence-electron chi connectivity index (χ3n) is 3.97. The summed E-state index contributed by atoms with van der Waals surface area (Å²) in [6.45, 7) is 4.67. The Morgan fingerprint density at radius 2 is 2.32 bits per heavy atom. The van der Waals surface area contributed by atoms with E-state index in [2.05, 4.69) is 15.5 Å². The molecule has 1 aromatic carbocycles. The van der Waals surface area contributed by atoms with Gasteiger partial charge in [0.15, 0.2) is 5.69 Å². The predicted molar refractivity (Wildman–Crippen MR) is 72.0 cm³/mol. The van der Waals surface area contributed by atoms with Crippen molar-refractivity contribution < 1.29 is 9.53 Å². The molecule has 2 N–H and O–H groups in total. The molecule has 0 radical (unpaired) electrons. The number of H-pyrrole nitrogens is 1. The van der Waals surface area contributed by atoms with E-state index in [1.807, 2.05) is 38.1 Å². The Labute approximate surface area is 111 Å². The van der Waals surface area contributed by atoms with Crippen LogP contribution >= 0.6 is 0 Å². The number of benzene rings is 1. The van der Waals surface area contributed by atoms with Crippen molar-refractivity contribution in [2.24, 2.45) is 0 Å². The van der Waals surface area contributed by atoms with Crippen molar-refractivity contribution in [3.8, 4) is 0 Å². The smallest absolute Gasteiger partial charge is 0.272 e. The van der Waals surface area contributed by atoms with Crippen LogP contribution in [-0.4, -0.2) is 34.4 Å². The Kier molecular flexibility index (Phi) is 2.78. The molecule has 0 aliphatic carbocycles. The number of carbonyl (C=O) groups is 1. The fourth-order valence-corrected chi connectivity index (χ4v) is 2.45. The number of fused-ring (bicyclic) bond motifs is 1. The van der Waals surface area contributed by atoms with Gasteiger partial charge in [-0.25, -0.2) is 0 Å². The average Bonchev–Trinajstić information content (AvgIpc) is 2.94. The fraction of sp³-hybridized carbons (Fsp3) is 0.429. The molecule has 5 heteroatoms. The maximum Gasteiger partial charge on any atom is 0.272 e. The molecule has 1 fully saturated rings. The first-order valence-corrected chi connectivity index (χ1v) is 6.47. The van der Waals surface area contributed by atoms with Crippen molar-refractivity contribution >= 4 is 16.8 Å². The van der Waals surface area contributed by atoms with Gasteiger partial charge in [-0.2, -0.15) is 5.10 Å². The summed E-state index contributed by atoms with van der Waals surface area (Å²) in [6, 6.07) is 7.61. The number of para-hydroxylation sites is 1. The molecular weight excluding hydrogens is 242 g/mol. The van der Waals surface area contributed by atoms with Crippen LogP contribution in [0.15, 0.2) is 24.3 Å². The minimum Gasteiger partial charge on any atom is -0.376 e. The van der Waals surface area contributed by atoms with Crippen LogP contribution in [0.2, 0.25) is 0 Å². The van der Waals surface area contributed by atoms with E-state index in [1.165, 1.54) is 0 Å². The quantitative estimate of drug-likeness (QED) is 0.865. The standard InChI is InChI=1S/C14H17N3O2/c1-9-14(2,7-8-19-9)15-13(18)12-10-5-3-4-6-11(10)16-17-12/h3-6,9H,7-8H2,1-2H3,(H,15,18)(H,16,17). The molecule has 0 spiro atoms. The molecule has 1 aliphatic heterocycles. The number of aromatic nitrogens is 2. The largest absolute Gasteiger partial charge is 0.376 e. The Morgan fingerprint density at radius 1 is 1.53 bits per heavy atom. The minimum atomic E-state index is -0.322. The van der Waals surface area contributed by atoms with Crippen molar-refractivity contribution in [2.45, 2.75) is 31.9 Å². The van der Waals surface area contributed by atoms with Crippen molar-refractivity contribution in [1.29, 1.82) is 0 Å². The molecule has 2 aromatic rings. The number of hydrogen-bond donors (Lipinski definition) is 2. The van der Waals surface area contributed by atoms with E-state index in [0.717, 1.165) is 17.3 Å². The molecular formula is C14H17N3O2. The lowest BCUT2D eigenvalue weighted by Gasteiger charge is -2.28. The Hall–Kier alpha value is -1.88. The van der Waals surface area contributed by atoms with Gasteiger partial charge < -0.3 is 10.1 Å². The molecule has 0 saturated carbocycles. The van der Waals surface area contributed by atoms with Crippen molar-refractivity contribution in [2.75, 3.05) is 6.61 Å². The zero-order valence-corrected chi connectivity index (χ0v) is 11.1. The normalized spacial score (nSPS) is 26.7. The number of amides is 1. The molecule has 100 valence electrons. The van der Waals surface area contributed by atoms with Gasteiger partial charge >= 0.3 is 0 Å². The van der Waals surface area contributed by atoms with Gasteiger partial charge in [0.1, 0.15) is 0 Å². The van der Waals surface area contributed by atoms with E-state index in [4.69, 9.17) is 4.74 Å². The van der Waals surface area contributed by atoms with Crippen molar-refractivity contribution in [3.63, 3.8) is 0 Å². The monoisotopic (exact) mass is 259 g/mol. The van der Waals surface area contributed by atoms with Crippen molar-refractivity contribution in [3.05, 3.63) is 30.0 Å². The van der Waals surface area contributed by atoms with E-state index in [0.29, 0.717) is 12.3 Å². The Balaban J connectivity index is 1.88. The molecule has 2 unspecified atom stereocenters. The minimum absolute atomic E-state index is 0.0154. The predicted octanol–water partition coefficient (Wildman–Crippen LogP) is 1.86. The van der Waals surface area contributed by atoms with E-state index < -0.39 is 0 Å². The summed E-state index contributed by atoms with van der Waals surface area (Å²) in [5.74, 6) is -0.155. The van der Waals surface area contributed by atoms with Crippen LogP contribution in [-0.2, 0) is 4.74 Å². The highest BCUT2D eigenvalue weighted by Crippen LogP contribution is 2.26. The number of carbonyl (C=O) groups excluding carboxylic acids is 1. The molecule has 2 heterocycles. The van der Waals surface area contributed by atoms with Crippen LogP contribution in [0.25, 0.3) is 10.9 Å². The second-order valence-electron chi connectivity index (χ2n) is 5.25. The van der Waals surface area contributed by atoms with Gasteiger partial charge in [-0.1, -0.05) is 18.2 Å². The van der Waals surface area contributed by atoms with Crippen LogP contribution in [0, 0.1) is 0 Å². The number of nitrogens with one attached hydrogen (secondary N) is 2. The van der Waals surface area contributed by atoms with Gasteiger partial charge in [-0.3, -0.25) is 9.89 Å². The van der Waals surface area contributed by atoms with Crippen LogP contribution in [0.3, 0.4) is 0 Å². The Morgan fingerprint density at radius 3 is 3.05 bits per heavy atom. The van der Waals surface area contributed by atoms with Gasteiger partial charge in [0.25, 0.3) is 5.91 Å². The summed E-state index contributed by atoms with van der Waals surface area (Å²) in [5, 5.41) is 10.9. The summed E-state index contributed by atoms with van der Waals surface area (Å²) in [6.07, 6.45) is 0.837. The lowest BCUT2D eigenvalue weighted by molar-refractivity contribution is 0.0725. The first-order chi connectivity index (χ1) is 9.10. The highest BCUT2D eigenvalue weighted by Gasteiger charge is 2.38. The highest BCUT2D eigenvalue weighted by molar-refractivity contribution is 6.04. The highest BCUT2D eigenvalue weighted by atomic mass is 16.5. The maximum atomic E-state index is 12.4. The molecule has 2 atom stereocenters. The summed E-state index contributed by atoms with van der Waals surface area (Å²) >= 11 is 0. The first-order valence-electron chi connectivity index (χ1n) is 6.47. The summed E-state index contributed by atoms with van der Waals surface area (Å²) < 4.78 is 5.53. The molecule has 5 nitrogen and oxygen atoms in total. The molecule has 3 rings (SSSR count). The van der Waals surface area contributed by atoms with Crippen LogP contribution in [0.4, 0.5) is 0 Å².